The molecule has 22 heavy (non-hydrogen) atoms. The molecule has 7 heteroatoms. The molecular weight excluding hydrogens is 283 g/mol. The zero-order chi connectivity index (χ0) is 16.1. The lowest BCUT2D eigenvalue weighted by Gasteiger charge is -2.22. The van der Waals surface area contributed by atoms with E-state index in [0.29, 0.717) is 11.6 Å². The van der Waals surface area contributed by atoms with Crippen LogP contribution in [0.5, 0.6) is 5.88 Å². The quantitative estimate of drug-likeness (QED) is 0.614. The summed E-state index contributed by atoms with van der Waals surface area (Å²) in [6.45, 7) is 3.99. The lowest BCUT2D eigenvalue weighted by Crippen LogP contribution is -2.27. The highest BCUT2D eigenvalue weighted by Crippen LogP contribution is 2.30. The number of methoxy groups -OCH3 is 1. The van der Waals surface area contributed by atoms with E-state index in [2.05, 4.69) is 11.1 Å². The monoisotopic (exact) mass is 304 g/mol. The predicted octanol–water partition coefficient (Wildman–Crippen LogP) is 2.69. The van der Waals surface area contributed by atoms with Crippen LogP contribution in [0.25, 0.3) is 0 Å². The van der Waals surface area contributed by atoms with Crippen LogP contribution in [0.4, 0.5) is 0 Å². The SMILES string of the molecule is COC(=O)C(c1cc(OC2CCB(C#N)CC2)no1)C(C)C. The first-order valence-electron chi connectivity index (χ1n) is 7.65. The Bertz CT molecular complexity index is 544. The second-order valence-electron chi connectivity index (χ2n) is 6.03. The van der Waals surface area contributed by atoms with E-state index >= 15 is 0 Å². The molecule has 0 N–H and O–H groups in total. The van der Waals surface area contributed by atoms with E-state index in [0.717, 1.165) is 25.5 Å². The Kier molecular flexibility index (Phi) is 5.48. The molecule has 0 bridgehead atoms. The molecule has 0 aliphatic carbocycles. The average molecular weight is 304 g/mol. The Morgan fingerprint density at radius 1 is 1.50 bits per heavy atom. The van der Waals surface area contributed by atoms with Gasteiger partial charge in [-0.05, 0) is 23.9 Å². The normalized spacial score (nSPS) is 17.1. The molecule has 1 aromatic rings. The number of esters is 1. The molecule has 0 spiro atoms. The third-order valence-corrected chi connectivity index (χ3v) is 4.08. The second-order valence-corrected chi connectivity index (χ2v) is 6.03. The van der Waals surface area contributed by atoms with Crippen LogP contribution in [-0.2, 0) is 9.53 Å². The minimum atomic E-state index is -0.482. The number of hydrogen-bond donors (Lipinski definition) is 0. The van der Waals surface area contributed by atoms with Gasteiger partial charge in [0.25, 0.3) is 12.6 Å². The maximum atomic E-state index is 11.8. The third kappa shape index (κ3) is 3.82. The molecule has 2 heterocycles. The predicted molar refractivity (Wildman–Crippen MR) is 80.7 cm³/mol. The van der Waals surface area contributed by atoms with Gasteiger partial charge in [-0.1, -0.05) is 26.5 Å². The van der Waals surface area contributed by atoms with Gasteiger partial charge in [0.1, 0.15) is 5.92 Å². The van der Waals surface area contributed by atoms with Gasteiger partial charge in [0.2, 0.25) is 0 Å². The largest absolute Gasteiger partial charge is 0.472 e. The summed E-state index contributed by atoms with van der Waals surface area (Å²) >= 11 is 0. The summed E-state index contributed by atoms with van der Waals surface area (Å²) in [5.74, 6) is 2.37. The maximum absolute atomic E-state index is 11.8. The first-order chi connectivity index (χ1) is 10.5. The van der Waals surface area contributed by atoms with Crippen LogP contribution in [0.2, 0.25) is 12.6 Å². The van der Waals surface area contributed by atoms with Crippen molar-refractivity contribution in [3.8, 4) is 11.8 Å². The summed E-state index contributed by atoms with van der Waals surface area (Å²) in [5.41, 5.74) is 0. The molecule has 1 saturated heterocycles. The van der Waals surface area contributed by atoms with Gasteiger partial charge >= 0.3 is 5.97 Å². The molecule has 1 unspecified atom stereocenters. The highest BCUT2D eigenvalue weighted by atomic mass is 16.5. The molecule has 1 aliphatic heterocycles. The zero-order valence-corrected chi connectivity index (χ0v) is 13.2. The van der Waals surface area contributed by atoms with E-state index in [9.17, 15) is 4.79 Å². The van der Waals surface area contributed by atoms with Crippen molar-refractivity contribution in [1.29, 1.82) is 5.26 Å². The van der Waals surface area contributed by atoms with E-state index < -0.39 is 5.92 Å². The Morgan fingerprint density at radius 3 is 2.73 bits per heavy atom. The maximum Gasteiger partial charge on any atom is 0.316 e. The van der Waals surface area contributed by atoms with Gasteiger partial charge < -0.3 is 14.0 Å². The Balaban J connectivity index is 1.99. The van der Waals surface area contributed by atoms with Crippen molar-refractivity contribution >= 4 is 12.7 Å². The van der Waals surface area contributed by atoms with Crippen molar-refractivity contribution in [1.82, 2.24) is 5.16 Å². The van der Waals surface area contributed by atoms with Crippen molar-refractivity contribution in [3.05, 3.63) is 11.8 Å². The van der Waals surface area contributed by atoms with Gasteiger partial charge in [-0.25, -0.2) is 5.26 Å². The van der Waals surface area contributed by atoms with Crippen LogP contribution in [0.15, 0.2) is 10.6 Å². The summed E-state index contributed by atoms with van der Waals surface area (Å²) in [6, 6.07) is 1.66. The molecule has 0 radical (unpaired) electrons. The number of ether oxygens (including phenoxy) is 2. The third-order valence-electron chi connectivity index (χ3n) is 4.08. The van der Waals surface area contributed by atoms with Crippen LogP contribution in [0.3, 0.4) is 0 Å². The molecule has 1 aliphatic rings. The van der Waals surface area contributed by atoms with Crippen LogP contribution >= 0.6 is 0 Å². The van der Waals surface area contributed by atoms with Crippen molar-refractivity contribution in [2.24, 2.45) is 5.92 Å². The molecule has 0 saturated carbocycles. The fourth-order valence-corrected chi connectivity index (χ4v) is 2.80. The van der Waals surface area contributed by atoms with E-state index in [-0.39, 0.29) is 24.7 Å². The standard InChI is InChI=1S/C15H21BN2O4/c1-10(2)14(15(19)20-3)12-8-13(18-22-12)21-11-4-6-16(9-17)7-5-11/h8,10-11,14H,4-7H2,1-3H3. The van der Waals surface area contributed by atoms with E-state index in [1.807, 2.05) is 13.8 Å². The van der Waals surface area contributed by atoms with Gasteiger partial charge in [-0.15, -0.1) is 0 Å². The minimum Gasteiger partial charge on any atom is -0.472 e. The molecule has 2 rings (SSSR count). The first-order valence-corrected chi connectivity index (χ1v) is 7.65. The highest BCUT2D eigenvalue weighted by Gasteiger charge is 2.31. The van der Waals surface area contributed by atoms with Crippen LogP contribution < -0.4 is 4.74 Å². The van der Waals surface area contributed by atoms with Gasteiger partial charge in [-0.3, -0.25) is 4.79 Å². The van der Waals surface area contributed by atoms with Crippen LogP contribution in [-0.4, -0.2) is 31.1 Å². The van der Waals surface area contributed by atoms with Gasteiger partial charge in [-0.2, -0.15) is 0 Å². The summed E-state index contributed by atoms with van der Waals surface area (Å²) in [7, 11) is 1.36. The molecule has 1 fully saturated rings. The minimum absolute atomic E-state index is 0.0410. The molecule has 0 amide bonds. The van der Waals surface area contributed by atoms with Crippen molar-refractivity contribution in [2.75, 3.05) is 7.11 Å². The van der Waals surface area contributed by atoms with Gasteiger partial charge in [0, 0.05) is 12.0 Å². The van der Waals surface area contributed by atoms with E-state index in [1.54, 1.807) is 6.07 Å². The van der Waals surface area contributed by atoms with Crippen molar-refractivity contribution in [2.45, 2.75) is 51.4 Å². The number of carbonyl (C=O) groups excluding carboxylic acids is 1. The first kappa shape index (κ1) is 16.4. The summed E-state index contributed by atoms with van der Waals surface area (Å²) in [4.78, 5) is 11.8. The number of carbonyl (C=O) groups is 1. The van der Waals surface area contributed by atoms with Crippen molar-refractivity contribution < 1.29 is 18.8 Å². The second kappa shape index (κ2) is 7.34. The molecule has 118 valence electrons. The molecule has 6 nitrogen and oxygen atoms in total. The molecule has 1 atom stereocenters. The molecule has 0 aromatic carbocycles. The highest BCUT2D eigenvalue weighted by molar-refractivity contribution is 6.67. The number of aromatic nitrogens is 1. The van der Waals surface area contributed by atoms with E-state index in [1.165, 1.54) is 7.11 Å². The van der Waals surface area contributed by atoms with Gasteiger partial charge in [0.15, 0.2) is 5.76 Å². The fourth-order valence-electron chi connectivity index (χ4n) is 2.80. The fraction of sp³-hybridized carbons (Fsp3) is 0.667. The number of hydrogen-bond acceptors (Lipinski definition) is 6. The lowest BCUT2D eigenvalue weighted by atomic mass is 9.42. The summed E-state index contributed by atoms with van der Waals surface area (Å²) in [6.07, 6.45) is 3.43. The topological polar surface area (TPSA) is 85.4 Å². The average Bonchev–Trinajstić information content (AvgIpc) is 2.95. The number of rotatable bonds is 5. The zero-order valence-electron chi connectivity index (χ0n) is 13.2. The molecular formula is C15H21BN2O4. The Labute approximate surface area is 130 Å². The molecule has 1 aromatic heterocycles. The smallest absolute Gasteiger partial charge is 0.316 e. The Hall–Kier alpha value is -1.97. The summed E-state index contributed by atoms with van der Waals surface area (Å²) < 4.78 is 15.9. The van der Waals surface area contributed by atoms with Crippen LogP contribution in [0, 0.1) is 17.1 Å². The number of nitriles is 1. The van der Waals surface area contributed by atoms with Crippen LogP contribution in [0.1, 0.15) is 38.4 Å². The summed E-state index contributed by atoms with van der Waals surface area (Å²) in [5, 5.41) is 12.8. The Morgan fingerprint density at radius 2 is 2.18 bits per heavy atom. The van der Waals surface area contributed by atoms with Gasteiger partial charge in [0.05, 0.1) is 13.2 Å². The lowest BCUT2D eigenvalue weighted by molar-refractivity contribution is -0.144. The number of nitrogens with zero attached hydrogens (tertiary/aromatic N) is 2. The van der Waals surface area contributed by atoms with E-state index in [4.69, 9.17) is 19.3 Å². The van der Waals surface area contributed by atoms with Crippen molar-refractivity contribution in [3.63, 3.8) is 0 Å².